The van der Waals surface area contributed by atoms with Crippen LogP contribution >= 0.6 is 24.0 Å². The number of hydrogen-bond donors (Lipinski definition) is 2. The topological polar surface area (TPSA) is 36.4 Å². The number of nitrogens with one attached hydrogen (secondary N) is 2. The molecule has 0 radical (unpaired) electrons. The predicted molar refractivity (Wildman–Crippen MR) is 99.4 cm³/mol. The van der Waals surface area contributed by atoms with Crippen LogP contribution in [0.4, 0.5) is 13.2 Å². The Labute approximate surface area is 153 Å². The highest BCUT2D eigenvalue weighted by atomic mass is 127. The smallest absolute Gasteiger partial charge is 0.356 e. The van der Waals surface area contributed by atoms with Gasteiger partial charge in [0.2, 0.25) is 0 Å². The summed E-state index contributed by atoms with van der Waals surface area (Å²) in [5, 5.41) is 6.19. The predicted octanol–water partition coefficient (Wildman–Crippen LogP) is 4.13. The zero-order chi connectivity index (χ0) is 16.3. The van der Waals surface area contributed by atoms with E-state index in [1.54, 1.807) is 7.05 Å². The van der Waals surface area contributed by atoms with Gasteiger partial charge in [-0.1, -0.05) is 30.3 Å². The average molecular weight is 443 g/mol. The fourth-order valence-corrected chi connectivity index (χ4v) is 2.02. The van der Waals surface area contributed by atoms with Crippen LogP contribution in [0.1, 0.15) is 31.2 Å². The summed E-state index contributed by atoms with van der Waals surface area (Å²) in [6.45, 7) is 1.27. The van der Waals surface area contributed by atoms with Gasteiger partial charge in [0.25, 0.3) is 0 Å². The Kier molecular flexibility index (Phi) is 11.9. The molecule has 0 saturated heterocycles. The van der Waals surface area contributed by atoms with Gasteiger partial charge in [0.05, 0.1) is 0 Å². The fourth-order valence-electron chi connectivity index (χ4n) is 2.02. The van der Waals surface area contributed by atoms with Crippen LogP contribution in [0, 0.1) is 0 Å². The highest BCUT2D eigenvalue weighted by Gasteiger charge is 2.25. The van der Waals surface area contributed by atoms with Gasteiger partial charge in [-0.3, -0.25) is 4.99 Å². The molecule has 0 aromatic heterocycles. The normalized spacial score (nSPS) is 11.7. The van der Waals surface area contributed by atoms with E-state index in [0.717, 1.165) is 19.4 Å². The molecule has 0 aliphatic rings. The third kappa shape index (κ3) is 12.1. The number of hydrogen-bond acceptors (Lipinski definition) is 1. The summed E-state index contributed by atoms with van der Waals surface area (Å²) in [7, 11) is 1.66. The van der Waals surface area contributed by atoms with Gasteiger partial charge in [-0.25, -0.2) is 0 Å². The molecule has 0 fully saturated rings. The zero-order valence-corrected chi connectivity index (χ0v) is 15.7. The molecular formula is C16H25F3IN3. The van der Waals surface area contributed by atoms with Crippen molar-refractivity contribution < 1.29 is 13.2 Å². The third-order valence-electron chi connectivity index (χ3n) is 3.18. The summed E-state index contributed by atoms with van der Waals surface area (Å²) >= 11 is 0. The number of benzene rings is 1. The molecule has 23 heavy (non-hydrogen) atoms. The minimum absolute atomic E-state index is 0. The van der Waals surface area contributed by atoms with Gasteiger partial charge >= 0.3 is 6.18 Å². The van der Waals surface area contributed by atoms with E-state index in [0.29, 0.717) is 18.9 Å². The number of rotatable bonds is 8. The van der Waals surface area contributed by atoms with Crippen molar-refractivity contribution in [3.8, 4) is 0 Å². The first-order chi connectivity index (χ1) is 10.5. The summed E-state index contributed by atoms with van der Waals surface area (Å²) in [6.07, 6.45) is -2.21. The van der Waals surface area contributed by atoms with Gasteiger partial charge in [-0.05, 0) is 31.2 Å². The van der Waals surface area contributed by atoms with Crippen LogP contribution in [0.2, 0.25) is 0 Å². The maximum atomic E-state index is 12.0. The molecular weight excluding hydrogens is 418 g/mol. The number of unbranched alkanes of at least 4 members (excludes halogenated alkanes) is 1. The molecule has 0 saturated carbocycles. The van der Waals surface area contributed by atoms with E-state index in [1.165, 1.54) is 5.56 Å². The highest BCUT2D eigenvalue weighted by Crippen LogP contribution is 2.21. The van der Waals surface area contributed by atoms with Crippen LogP contribution in [0.3, 0.4) is 0 Å². The molecule has 0 spiro atoms. The van der Waals surface area contributed by atoms with Crippen molar-refractivity contribution in [3.05, 3.63) is 35.9 Å². The number of alkyl halides is 3. The van der Waals surface area contributed by atoms with Crippen LogP contribution in [-0.4, -0.2) is 32.3 Å². The van der Waals surface area contributed by atoms with E-state index in [-0.39, 0.29) is 30.4 Å². The molecule has 3 nitrogen and oxygen atoms in total. The van der Waals surface area contributed by atoms with Gasteiger partial charge in [-0.15, -0.1) is 24.0 Å². The molecule has 0 atom stereocenters. The van der Waals surface area contributed by atoms with E-state index >= 15 is 0 Å². The minimum atomic E-state index is -4.06. The van der Waals surface area contributed by atoms with Crippen molar-refractivity contribution in [2.24, 2.45) is 4.99 Å². The zero-order valence-electron chi connectivity index (χ0n) is 13.3. The lowest BCUT2D eigenvalue weighted by Crippen LogP contribution is -2.38. The van der Waals surface area contributed by atoms with Crippen molar-refractivity contribution in [2.75, 3.05) is 20.1 Å². The van der Waals surface area contributed by atoms with E-state index in [9.17, 15) is 13.2 Å². The van der Waals surface area contributed by atoms with Crippen LogP contribution in [0.5, 0.6) is 0 Å². The number of nitrogens with zero attached hydrogens (tertiary/aromatic N) is 1. The maximum absolute atomic E-state index is 12.0. The molecule has 0 bridgehead atoms. The quantitative estimate of drug-likeness (QED) is 0.274. The summed E-state index contributed by atoms with van der Waals surface area (Å²) in [5.41, 5.74) is 1.29. The number of halogens is 4. The molecule has 0 heterocycles. The van der Waals surface area contributed by atoms with Gasteiger partial charge < -0.3 is 10.6 Å². The molecule has 0 amide bonds. The van der Waals surface area contributed by atoms with Gasteiger partial charge in [-0.2, -0.15) is 13.2 Å². The summed E-state index contributed by atoms with van der Waals surface area (Å²) in [5.74, 6) is 0.639. The third-order valence-corrected chi connectivity index (χ3v) is 3.18. The van der Waals surface area contributed by atoms with Crippen LogP contribution in [-0.2, 0) is 6.42 Å². The molecule has 7 heteroatoms. The molecule has 1 rings (SSSR count). The summed E-state index contributed by atoms with van der Waals surface area (Å²) in [4.78, 5) is 4.05. The van der Waals surface area contributed by atoms with Crippen LogP contribution in [0.15, 0.2) is 35.3 Å². The number of aryl methyl sites for hydroxylation is 1. The lowest BCUT2D eigenvalue weighted by atomic mass is 10.1. The Morgan fingerprint density at radius 3 is 2.17 bits per heavy atom. The Balaban J connectivity index is 0.00000484. The molecule has 2 N–H and O–H groups in total. The van der Waals surface area contributed by atoms with Gasteiger partial charge in [0, 0.05) is 26.6 Å². The number of aliphatic imine (C=N–C) groups is 1. The first-order valence-corrected chi connectivity index (χ1v) is 7.56. The Hall–Kier alpha value is -0.990. The first kappa shape index (κ1) is 22.0. The molecule has 1 aromatic carbocycles. The first-order valence-electron chi connectivity index (χ1n) is 7.56. The Morgan fingerprint density at radius 2 is 1.61 bits per heavy atom. The van der Waals surface area contributed by atoms with Crippen molar-refractivity contribution in [1.29, 1.82) is 0 Å². The second-order valence-corrected chi connectivity index (χ2v) is 5.09. The van der Waals surface area contributed by atoms with Crippen molar-refractivity contribution >= 4 is 29.9 Å². The standard InChI is InChI=1S/C16H24F3N3.HI/c1-20-15(21-12-6-5-11-16(17,18)19)22-13-7-10-14-8-3-2-4-9-14;/h2-4,8-9H,5-7,10-13H2,1H3,(H2,20,21,22);1H. The van der Waals surface area contributed by atoms with Crippen LogP contribution < -0.4 is 10.6 Å². The highest BCUT2D eigenvalue weighted by molar-refractivity contribution is 14.0. The Bertz CT molecular complexity index is 436. The monoisotopic (exact) mass is 443 g/mol. The van der Waals surface area contributed by atoms with E-state index < -0.39 is 12.6 Å². The van der Waals surface area contributed by atoms with Crippen molar-refractivity contribution in [1.82, 2.24) is 10.6 Å². The average Bonchev–Trinajstić information content (AvgIpc) is 2.49. The lowest BCUT2D eigenvalue weighted by Gasteiger charge is -2.12. The summed E-state index contributed by atoms with van der Waals surface area (Å²) in [6, 6.07) is 10.2. The van der Waals surface area contributed by atoms with Gasteiger partial charge in [0.1, 0.15) is 0 Å². The lowest BCUT2D eigenvalue weighted by molar-refractivity contribution is -0.135. The van der Waals surface area contributed by atoms with Crippen molar-refractivity contribution in [3.63, 3.8) is 0 Å². The Morgan fingerprint density at radius 1 is 1.00 bits per heavy atom. The molecule has 132 valence electrons. The molecule has 1 aromatic rings. The van der Waals surface area contributed by atoms with E-state index in [2.05, 4.69) is 27.8 Å². The minimum Gasteiger partial charge on any atom is -0.356 e. The fraction of sp³-hybridized carbons (Fsp3) is 0.562. The second-order valence-electron chi connectivity index (χ2n) is 5.09. The largest absolute Gasteiger partial charge is 0.389 e. The van der Waals surface area contributed by atoms with Crippen molar-refractivity contribution in [2.45, 2.75) is 38.3 Å². The van der Waals surface area contributed by atoms with Crippen LogP contribution in [0.25, 0.3) is 0 Å². The summed E-state index contributed by atoms with van der Waals surface area (Å²) < 4.78 is 36.0. The van der Waals surface area contributed by atoms with E-state index in [1.807, 2.05) is 18.2 Å². The second kappa shape index (κ2) is 12.4. The maximum Gasteiger partial charge on any atom is 0.389 e. The van der Waals surface area contributed by atoms with Gasteiger partial charge in [0.15, 0.2) is 5.96 Å². The number of guanidine groups is 1. The van der Waals surface area contributed by atoms with E-state index in [4.69, 9.17) is 0 Å². The SMILES string of the molecule is CN=C(NCCCCC(F)(F)F)NCCCc1ccccc1.I. The molecule has 0 aliphatic heterocycles. The molecule has 0 aliphatic carbocycles. The molecule has 0 unspecified atom stereocenters.